The second kappa shape index (κ2) is 8.52. The largest absolute Gasteiger partial charge is 0.496 e. The number of methoxy groups -OCH3 is 1. The van der Waals surface area contributed by atoms with Gasteiger partial charge in [-0.3, -0.25) is 9.69 Å². The lowest BCUT2D eigenvalue weighted by Gasteiger charge is -2.34. The molecule has 0 aliphatic carbocycles. The molecule has 2 aromatic carbocycles. The molecule has 0 aromatic heterocycles. The number of aryl methyl sites for hydroxylation is 1. The van der Waals surface area contributed by atoms with Crippen molar-refractivity contribution in [3.8, 4) is 17.2 Å². The van der Waals surface area contributed by atoms with E-state index in [1.165, 1.54) is 5.56 Å². The van der Waals surface area contributed by atoms with Crippen LogP contribution in [-0.4, -0.2) is 62.3 Å². The first-order valence-electron chi connectivity index (χ1n) is 9.78. The van der Waals surface area contributed by atoms with Crippen LogP contribution in [0.25, 0.3) is 0 Å². The molecule has 0 bridgehead atoms. The number of hydrogen-bond acceptors (Lipinski definition) is 5. The molecule has 0 saturated carbocycles. The predicted molar refractivity (Wildman–Crippen MR) is 106 cm³/mol. The number of benzene rings is 2. The molecule has 0 N–H and O–H groups in total. The zero-order chi connectivity index (χ0) is 19.3. The van der Waals surface area contributed by atoms with E-state index >= 15 is 0 Å². The average molecular weight is 382 g/mol. The number of fused-ring (bicyclic) bond motifs is 1. The van der Waals surface area contributed by atoms with Crippen molar-refractivity contribution in [2.24, 2.45) is 0 Å². The van der Waals surface area contributed by atoms with E-state index in [1.807, 2.05) is 29.2 Å². The van der Waals surface area contributed by atoms with E-state index in [2.05, 4.69) is 17.0 Å². The minimum atomic E-state index is 0.0620. The highest BCUT2D eigenvalue weighted by Crippen LogP contribution is 2.32. The molecule has 28 heavy (non-hydrogen) atoms. The Kier molecular flexibility index (Phi) is 5.67. The van der Waals surface area contributed by atoms with E-state index < -0.39 is 0 Å². The molecule has 0 atom stereocenters. The van der Waals surface area contributed by atoms with E-state index in [9.17, 15) is 4.79 Å². The highest BCUT2D eigenvalue weighted by Gasteiger charge is 2.24. The quantitative estimate of drug-likeness (QED) is 0.769. The van der Waals surface area contributed by atoms with Crippen LogP contribution in [0.3, 0.4) is 0 Å². The van der Waals surface area contributed by atoms with Gasteiger partial charge < -0.3 is 19.1 Å². The van der Waals surface area contributed by atoms with Crippen molar-refractivity contribution in [1.29, 1.82) is 0 Å². The normalized spacial score (nSPS) is 16.2. The second-order valence-corrected chi connectivity index (χ2v) is 7.12. The van der Waals surface area contributed by atoms with Crippen molar-refractivity contribution in [2.75, 3.05) is 46.6 Å². The van der Waals surface area contributed by atoms with Crippen molar-refractivity contribution < 1.29 is 19.0 Å². The molecule has 2 aliphatic heterocycles. The number of amides is 1. The number of carbonyl (C=O) groups is 1. The van der Waals surface area contributed by atoms with Crippen LogP contribution in [0.5, 0.6) is 17.2 Å². The molecule has 2 aliphatic rings. The first kappa shape index (κ1) is 18.6. The summed E-state index contributed by atoms with van der Waals surface area (Å²) in [5, 5.41) is 0. The fourth-order valence-corrected chi connectivity index (χ4v) is 3.79. The van der Waals surface area contributed by atoms with Gasteiger partial charge in [-0.2, -0.15) is 0 Å². The number of ether oxygens (including phenoxy) is 3. The van der Waals surface area contributed by atoms with E-state index in [4.69, 9.17) is 14.2 Å². The third-order valence-electron chi connectivity index (χ3n) is 5.39. The van der Waals surface area contributed by atoms with Gasteiger partial charge in [0.25, 0.3) is 5.91 Å². The Morgan fingerprint density at radius 3 is 2.64 bits per heavy atom. The minimum Gasteiger partial charge on any atom is -0.496 e. The third-order valence-corrected chi connectivity index (χ3v) is 5.39. The van der Waals surface area contributed by atoms with Gasteiger partial charge in [0, 0.05) is 31.7 Å². The molecule has 4 rings (SSSR count). The zero-order valence-corrected chi connectivity index (χ0v) is 16.2. The van der Waals surface area contributed by atoms with Gasteiger partial charge in [-0.15, -0.1) is 0 Å². The molecule has 1 fully saturated rings. The van der Waals surface area contributed by atoms with Gasteiger partial charge >= 0.3 is 0 Å². The van der Waals surface area contributed by atoms with E-state index in [-0.39, 0.29) is 12.7 Å². The van der Waals surface area contributed by atoms with Crippen LogP contribution in [0.4, 0.5) is 0 Å². The van der Waals surface area contributed by atoms with Gasteiger partial charge in [0.2, 0.25) is 6.79 Å². The Bertz CT molecular complexity index is 831. The summed E-state index contributed by atoms with van der Waals surface area (Å²) in [4.78, 5) is 17.1. The van der Waals surface area contributed by atoms with E-state index in [0.717, 1.165) is 51.3 Å². The molecule has 6 heteroatoms. The van der Waals surface area contributed by atoms with E-state index in [0.29, 0.717) is 17.1 Å². The maximum absolute atomic E-state index is 12.8. The van der Waals surface area contributed by atoms with Crippen LogP contribution < -0.4 is 14.2 Å². The summed E-state index contributed by atoms with van der Waals surface area (Å²) in [6, 6.07) is 13.6. The second-order valence-electron chi connectivity index (χ2n) is 7.12. The fraction of sp³-hybridized carbons (Fsp3) is 0.409. The van der Waals surface area contributed by atoms with Crippen LogP contribution in [-0.2, 0) is 6.42 Å². The van der Waals surface area contributed by atoms with Crippen LogP contribution in [0, 0.1) is 0 Å². The fourth-order valence-electron chi connectivity index (χ4n) is 3.79. The Morgan fingerprint density at radius 1 is 1.04 bits per heavy atom. The standard InChI is InChI=1S/C22H26N2O4/c1-26-19-7-3-2-5-17(19)6-4-10-23-11-13-24(14-12-23)22(25)18-8-9-20-21(15-18)28-16-27-20/h2-3,5,7-9,15H,4,6,10-14,16H2,1H3. The highest BCUT2D eigenvalue weighted by molar-refractivity contribution is 5.95. The molecule has 1 saturated heterocycles. The van der Waals surface area contributed by atoms with Gasteiger partial charge in [-0.25, -0.2) is 0 Å². The Hall–Kier alpha value is -2.73. The molecular formula is C22H26N2O4. The van der Waals surface area contributed by atoms with Crippen molar-refractivity contribution in [3.63, 3.8) is 0 Å². The van der Waals surface area contributed by atoms with Crippen LogP contribution >= 0.6 is 0 Å². The predicted octanol–water partition coefficient (Wildman–Crippen LogP) is 2.81. The molecule has 0 spiro atoms. The lowest BCUT2D eigenvalue weighted by molar-refractivity contribution is 0.0635. The number of rotatable bonds is 6. The Balaban J connectivity index is 1.25. The molecule has 6 nitrogen and oxygen atoms in total. The molecule has 148 valence electrons. The lowest BCUT2D eigenvalue weighted by atomic mass is 10.1. The number of nitrogens with zero attached hydrogens (tertiary/aromatic N) is 2. The number of para-hydroxylation sites is 1. The minimum absolute atomic E-state index is 0.0620. The monoisotopic (exact) mass is 382 g/mol. The first-order valence-corrected chi connectivity index (χ1v) is 9.78. The summed E-state index contributed by atoms with van der Waals surface area (Å²) in [7, 11) is 1.72. The zero-order valence-electron chi connectivity index (χ0n) is 16.2. The molecule has 0 radical (unpaired) electrons. The summed E-state index contributed by atoms with van der Waals surface area (Å²) in [6.07, 6.45) is 2.08. The van der Waals surface area contributed by atoms with E-state index in [1.54, 1.807) is 13.2 Å². The topological polar surface area (TPSA) is 51.2 Å². The molecule has 2 heterocycles. The summed E-state index contributed by atoms with van der Waals surface area (Å²) in [5.74, 6) is 2.38. The summed E-state index contributed by atoms with van der Waals surface area (Å²) in [5.41, 5.74) is 1.91. The molecule has 2 aromatic rings. The van der Waals surface area contributed by atoms with Gasteiger partial charge in [-0.1, -0.05) is 18.2 Å². The third kappa shape index (κ3) is 4.07. The van der Waals surface area contributed by atoms with Crippen molar-refractivity contribution >= 4 is 5.91 Å². The maximum Gasteiger partial charge on any atom is 0.254 e. The smallest absolute Gasteiger partial charge is 0.254 e. The first-order chi connectivity index (χ1) is 13.7. The average Bonchev–Trinajstić information content (AvgIpc) is 3.22. The van der Waals surface area contributed by atoms with Crippen LogP contribution in [0.2, 0.25) is 0 Å². The number of hydrogen-bond donors (Lipinski definition) is 0. The van der Waals surface area contributed by atoms with Gasteiger partial charge in [-0.05, 0) is 49.2 Å². The molecular weight excluding hydrogens is 356 g/mol. The van der Waals surface area contributed by atoms with Crippen molar-refractivity contribution in [3.05, 3.63) is 53.6 Å². The molecule has 1 amide bonds. The van der Waals surface area contributed by atoms with Crippen molar-refractivity contribution in [1.82, 2.24) is 9.80 Å². The van der Waals surface area contributed by atoms with Crippen LogP contribution in [0.15, 0.2) is 42.5 Å². The Morgan fingerprint density at radius 2 is 1.82 bits per heavy atom. The van der Waals surface area contributed by atoms with Gasteiger partial charge in [0.05, 0.1) is 7.11 Å². The molecule has 0 unspecified atom stereocenters. The van der Waals surface area contributed by atoms with Crippen LogP contribution in [0.1, 0.15) is 22.3 Å². The lowest BCUT2D eigenvalue weighted by Crippen LogP contribution is -2.48. The maximum atomic E-state index is 12.8. The van der Waals surface area contributed by atoms with Crippen molar-refractivity contribution in [2.45, 2.75) is 12.8 Å². The summed E-state index contributed by atoms with van der Waals surface area (Å²) in [6.45, 7) is 4.57. The SMILES string of the molecule is COc1ccccc1CCCN1CCN(C(=O)c2ccc3c(c2)OCO3)CC1. The number of piperazine rings is 1. The summed E-state index contributed by atoms with van der Waals surface area (Å²) < 4.78 is 16.1. The van der Waals surface area contributed by atoms with Gasteiger partial charge in [0.15, 0.2) is 11.5 Å². The van der Waals surface area contributed by atoms with Gasteiger partial charge in [0.1, 0.15) is 5.75 Å². The summed E-state index contributed by atoms with van der Waals surface area (Å²) >= 11 is 0. The Labute approximate surface area is 165 Å². The highest BCUT2D eigenvalue weighted by atomic mass is 16.7. The number of carbonyl (C=O) groups excluding carboxylic acids is 1.